The van der Waals surface area contributed by atoms with E-state index < -0.39 is 15.8 Å². The molecule has 0 amide bonds. The maximum absolute atomic E-state index is 13.4. The van der Waals surface area contributed by atoms with Crippen LogP contribution in [-0.2, 0) is 23.0 Å². The molecule has 1 aliphatic rings. The largest absolute Gasteiger partial charge is 0.493 e. The number of sulfonamides is 1. The Hall–Kier alpha value is -3.01. The second kappa shape index (κ2) is 10.1. The van der Waals surface area contributed by atoms with Crippen LogP contribution < -0.4 is 19.1 Å². The van der Waals surface area contributed by atoms with Crippen molar-refractivity contribution in [3.05, 3.63) is 86.0 Å². The number of hydrogen-bond donors (Lipinski definition) is 1. The molecule has 0 radical (unpaired) electrons. The van der Waals surface area contributed by atoms with Crippen LogP contribution in [0.4, 0.5) is 5.69 Å². The molecule has 1 aliphatic heterocycles. The number of carbonyl (C=O) groups excluding carboxylic acids is 1. The van der Waals surface area contributed by atoms with E-state index in [4.69, 9.17) is 21.1 Å². The van der Waals surface area contributed by atoms with Gasteiger partial charge in [0.2, 0.25) is 5.78 Å². The molecule has 0 spiro atoms. The fraction of sp³-hybridized carbons (Fsp3) is 0.208. The third-order valence-corrected chi connectivity index (χ3v) is 8.31. The van der Waals surface area contributed by atoms with Gasteiger partial charge in [0.25, 0.3) is 10.0 Å². The summed E-state index contributed by atoms with van der Waals surface area (Å²) < 4.78 is 38.7. The van der Waals surface area contributed by atoms with Crippen molar-refractivity contribution in [2.24, 2.45) is 0 Å². The zero-order valence-corrected chi connectivity index (χ0v) is 21.0. The van der Waals surface area contributed by atoms with Crippen molar-refractivity contribution in [3.8, 4) is 11.5 Å². The van der Waals surface area contributed by atoms with Gasteiger partial charge >= 0.3 is 0 Å². The summed E-state index contributed by atoms with van der Waals surface area (Å²) in [6.45, 7) is 0.524. The molecule has 7 nitrogen and oxygen atoms in total. The lowest BCUT2D eigenvalue weighted by Gasteiger charge is -2.29. The highest BCUT2D eigenvalue weighted by Crippen LogP contribution is 2.39. The number of ether oxygens (including phenoxy) is 2. The summed E-state index contributed by atoms with van der Waals surface area (Å²) in [4.78, 5) is 13.1. The van der Waals surface area contributed by atoms with E-state index in [9.17, 15) is 13.2 Å². The number of nitrogens with zero attached hydrogens (tertiary/aromatic N) is 1. The first kappa shape index (κ1) is 24.1. The Kier molecular flexibility index (Phi) is 7.16. The molecule has 0 aliphatic carbocycles. The number of ketones is 1. The number of hydrogen-bond acceptors (Lipinski definition) is 7. The van der Waals surface area contributed by atoms with Crippen LogP contribution in [-0.4, -0.2) is 35.0 Å². The van der Waals surface area contributed by atoms with Crippen molar-refractivity contribution in [2.45, 2.75) is 13.0 Å². The molecule has 1 N–H and O–H groups in total. The number of nitrogens with one attached hydrogen (secondary N) is 1. The Morgan fingerprint density at radius 1 is 1.03 bits per heavy atom. The molecule has 10 heteroatoms. The fourth-order valence-corrected chi connectivity index (χ4v) is 6.26. The van der Waals surface area contributed by atoms with Gasteiger partial charge in [-0.3, -0.25) is 9.10 Å². The van der Waals surface area contributed by atoms with E-state index in [-0.39, 0.29) is 11.4 Å². The summed E-state index contributed by atoms with van der Waals surface area (Å²) in [7, 11) is -0.911. The summed E-state index contributed by atoms with van der Waals surface area (Å²) in [6, 6.07) is 14.2. The summed E-state index contributed by atoms with van der Waals surface area (Å²) >= 11 is 7.19. The Labute approximate surface area is 207 Å². The number of benzene rings is 2. The quantitative estimate of drug-likeness (QED) is 0.346. The Morgan fingerprint density at radius 3 is 2.44 bits per heavy atom. The molecule has 0 bridgehead atoms. The molecule has 2 heterocycles. The van der Waals surface area contributed by atoms with Crippen LogP contribution in [0.15, 0.2) is 65.0 Å². The Bertz CT molecular complexity index is 1330. The average molecular weight is 519 g/mol. The van der Waals surface area contributed by atoms with Crippen molar-refractivity contribution in [3.63, 3.8) is 0 Å². The van der Waals surface area contributed by atoms with E-state index in [2.05, 4.69) is 5.32 Å². The topological polar surface area (TPSA) is 84.9 Å². The Morgan fingerprint density at radius 2 is 1.74 bits per heavy atom. The molecule has 1 aromatic heterocycles. The molecule has 4 rings (SSSR count). The summed E-state index contributed by atoms with van der Waals surface area (Å²) in [5.74, 6) is 0.746. The van der Waals surface area contributed by atoms with Crippen LogP contribution in [0, 0.1) is 0 Å². The molecule has 0 saturated carbocycles. The monoisotopic (exact) mass is 518 g/mol. The third kappa shape index (κ3) is 4.77. The highest BCUT2D eigenvalue weighted by Gasteiger charge is 2.41. The lowest BCUT2D eigenvalue weighted by Crippen LogP contribution is -2.38. The number of fused-ring (bicyclic) bond motifs is 1. The van der Waals surface area contributed by atoms with Gasteiger partial charge in [0.15, 0.2) is 16.4 Å². The van der Waals surface area contributed by atoms with Gasteiger partial charge in [0.05, 0.1) is 26.5 Å². The molecule has 34 heavy (non-hydrogen) atoms. The van der Waals surface area contributed by atoms with E-state index in [1.54, 1.807) is 49.9 Å². The normalized spacial score (nSPS) is 15.8. The minimum absolute atomic E-state index is 0.0967. The number of anilines is 1. The highest BCUT2D eigenvalue weighted by atomic mass is 35.5. The minimum Gasteiger partial charge on any atom is -0.493 e. The molecule has 0 unspecified atom stereocenters. The first-order valence-electron chi connectivity index (χ1n) is 10.4. The van der Waals surface area contributed by atoms with Crippen LogP contribution in [0.25, 0.3) is 0 Å². The summed E-state index contributed by atoms with van der Waals surface area (Å²) in [5.41, 5.74) is 2.14. The number of carbonyl (C=O) groups is 1. The molecular formula is C24H23ClN2O5S2. The van der Waals surface area contributed by atoms with Crippen molar-refractivity contribution in [1.82, 2.24) is 5.32 Å². The third-order valence-electron chi connectivity index (χ3n) is 5.39. The standard InChI is InChI=1S/C24H23ClN2O5S2/c1-31-20-8-5-16(13-21(20)32-2)9-11-26-14-22-23(28)24-19(10-12-33-24)27(34(22,29)30)15-17-3-6-18(25)7-4-17/h3-8,10,12-14,26H,9,11,15H2,1-2H3. The number of methoxy groups -OCH3 is 2. The molecule has 2 aromatic carbocycles. The predicted molar refractivity (Wildman–Crippen MR) is 135 cm³/mol. The molecular weight excluding hydrogens is 496 g/mol. The van der Waals surface area contributed by atoms with E-state index in [0.717, 1.165) is 11.1 Å². The van der Waals surface area contributed by atoms with E-state index in [0.29, 0.717) is 40.1 Å². The van der Waals surface area contributed by atoms with E-state index in [1.807, 2.05) is 18.2 Å². The maximum atomic E-state index is 13.4. The van der Waals surface area contributed by atoms with Crippen molar-refractivity contribution < 1.29 is 22.7 Å². The molecule has 0 atom stereocenters. The Balaban J connectivity index is 1.54. The SMILES string of the molecule is COc1ccc(CCNC=C2C(=O)c3sccc3N(Cc3ccc(Cl)cc3)S2(=O)=O)cc1OC. The van der Waals surface area contributed by atoms with Crippen LogP contribution in [0.3, 0.4) is 0 Å². The number of halogens is 1. The first-order valence-corrected chi connectivity index (χ1v) is 13.1. The van der Waals surface area contributed by atoms with Gasteiger partial charge in [-0.25, -0.2) is 8.42 Å². The van der Waals surface area contributed by atoms with Gasteiger partial charge < -0.3 is 14.8 Å². The van der Waals surface area contributed by atoms with Gasteiger partial charge in [-0.15, -0.1) is 11.3 Å². The van der Waals surface area contributed by atoms with Crippen LogP contribution >= 0.6 is 22.9 Å². The van der Waals surface area contributed by atoms with Crippen LogP contribution in [0.5, 0.6) is 11.5 Å². The zero-order valence-electron chi connectivity index (χ0n) is 18.6. The summed E-state index contributed by atoms with van der Waals surface area (Å²) in [5, 5.41) is 5.29. The van der Waals surface area contributed by atoms with Crippen LogP contribution in [0.2, 0.25) is 5.02 Å². The number of allylic oxidation sites excluding steroid dienone is 1. The number of rotatable bonds is 8. The molecule has 0 saturated heterocycles. The second-order valence-corrected chi connectivity index (χ2v) is 10.7. The van der Waals surface area contributed by atoms with Crippen molar-refractivity contribution >= 4 is 44.4 Å². The zero-order chi connectivity index (χ0) is 24.3. The number of thiophene rings is 1. The van der Waals surface area contributed by atoms with Gasteiger partial charge in [0.1, 0.15) is 4.88 Å². The lowest BCUT2D eigenvalue weighted by molar-refractivity contribution is 0.104. The van der Waals surface area contributed by atoms with Gasteiger partial charge in [-0.1, -0.05) is 29.8 Å². The molecule has 178 valence electrons. The smallest absolute Gasteiger partial charge is 0.270 e. The van der Waals surface area contributed by atoms with E-state index in [1.165, 1.54) is 21.8 Å². The maximum Gasteiger partial charge on any atom is 0.270 e. The number of Topliss-reactive ketones (excluding diaryl/α,β-unsaturated/α-hetero) is 1. The van der Waals surface area contributed by atoms with Gasteiger partial charge in [-0.2, -0.15) is 0 Å². The minimum atomic E-state index is -4.05. The molecule has 0 fully saturated rings. The highest BCUT2D eigenvalue weighted by molar-refractivity contribution is 7.97. The lowest BCUT2D eigenvalue weighted by atomic mass is 10.1. The summed E-state index contributed by atoms with van der Waals surface area (Å²) in [6.07, 6.45) is 1.90. The fourth-order valence-electron chi connectivity index (χ4n) is 3.63. The second-order valence-electron chi connectivity index (χ2n) is 7.50. The van der Waals surface area contributed by atoms with E-state index >= 15 is 0 Å². The van der Waals surface area contributed by atoms with Gasteiger partial charge in [-0.05, 0) is 53.3 Å². The predicted octanol–water partition coefficient (Wildman–Crippen LogP) is 4.63. The van der Waals surface area contributed by atoms with Gasteiger partial charge in [0, 0.05) is 17.8 Å². The van der Waals surface area contributed by atoms with Crippen molar-refractivity contribution in [1.29, 1.82) is 0 Å². The van der Waals surface area contributed by atoms with Crippen LogP contribution in [0.1, 0.15) is 20.8 Å². The van der Waals surface area contributed by atoms with Crippen molar-refractivity contribution in [2.75, 3.05) is 25.1 Å². The molecule has 3 aromatic rings. The average Bonchev–Trinajstić information content (AvgIpc) is 3.32. The first-order chi connectivity index (χ1) is 16.3.